The summed E-state index contributed by atoms with van der Waals surface area (Å²) in [6.07, 6.45) is 1.85. The Morgan fingerprint density at radius 2 is 1.93 bits per heavy atom. The number of carbonyl (C=O) groups is 1. The van der Waals surface area contributed by atoms with E-state index in [1.165, 1.54) is 17.0 Å². The molecule has 0 bridgehead atoms. The van der Waals surface area contributed by atoms with Gasteiger partial charge in [0.25, 0.3) is 0 Å². The predicted octanol–water partition coefficient (Wildman–Crippen LogP) is 0.995. The summed E-state index contributed by atoms with van der Waals surface area (Å²) >= 11 is 1.74. The van der Waals surface area contributed by atoms with Gasteiger partial charge in [-0.3, -0.25) is 4.79 Å². The Hall–Kier alpha value is -1.31. The minimum absolute atomic E-state index is 0. The second-order valence-corrected chi connectivity index (χ2v) is 8.50. The number of benzene rings is 1. The Labute approximate surface area is 188 Å². The predicted molar refractivity (Wildman–Crippen MR) is 127 cm³/mol. The third kappa shape index (κ3) is 10.9. The molecule has 0 aliphatic carbocycles. The van der Waals surface area contributed by atoms with Crippen molar-refractivity contribution in [3.63, 3.8) is 0 Å². The zero-order chi connectivity index (χ0) is 20.3. The van der Waals surface area contributed by atoms with Crippen LogP contribution in [0.15, 0.2) is 46.8 Å². The van der Waals surface area contributed by atoms with Gasteiger partial charge in [0.15, 0.2) is 5.96 Å². The maximum absolute atomic E-state index is 11.8. The van der Waals surface area contributed by atoms with Crippen molar-refractivity contribution < 1.29 is 13.2 Å². The average Bonchev–Trinajstić information content (AvgIpc) is 2.62. The largest absolute Gasteiger partial charge is 0.356 e. The number of nitrogens with two attached hydrogens (primary N) is 1. The van der Waals surface area contributed by atoms with E-state index in [0.29, 0.717) is 19.0 Å². The number of rotatable bonds is 10. The quantitative estimate of drug-likeness (QED) is 0.134. The number of hydrogen-bond acceptors (Lipinski definition) is 5. The summed E-state index contributed by atoms with van der Waals surface area (Å²) in [6, 6.07) is 6.21. The van der Waals surface area contributed by atoms with Gasteiger partial charge < -0.3 is 15.5 Å². The number of primary sulfonamides is 1. The van der Waals surface area contributed by atoms with Crippen molar-refractivity contribution in [3.8, 4) is 0 Å². The lowest BCUT2D eigenvalue weighted by Gasteiger charge is -2.15. The van der Waals surface area contributed by atoms with Crippen LogP contribution >= 0.6 is 35.7 Å². The summed E-state index contributed by atoms with van der Waals surface area (Å²) in [6.45, 7) is 4.82. The molecule has 0 aromatic heterocycles. The van der Waals surface area contributed by atoms with Gasteiger partial charge in [0.2, 0.25) is 15.9 Å². The number of thioether (sulfide) groups is 1. The maximum atomic E-state index is 11.8. The topological polar surface area (TPSA) is 117 Å². The van der Waals surface area contributed by atoms with Crippen LogP contribution in [0.3, 0.4) is 0 Å². The van der Waals surface area contributed by atoms with Crippen molar-refractivity contribution in [3.05, 3.63) is 42.5 Å². The second-order valence-electron chi connectivity index (χ2n) is 5.79. The number of nitrogens with zero attached hydrogens (tertiary/aromatic N) is 2. The molecule has 28 heavy (non-hydrogen) atoms. The van der Waals surface area contributed by atoms with E-state index in [1.54, 1.807) is 38.0 Å². The summed E-state index contributed by atoms with van der Waals surface area (Å²) in [7, 11) is -0.333. The molecule has 0 unspecified atom stereocenters. The summed E-state index contributed by atoms with van der Waals surface area (Å²) < 4.78 is 22.6. The van der Waals surface area contributed by atoms with Gasteiger partial charge in [-0.25, -0.2) is 18.5 Å². The Kier molecular flexibility index (Phi) is 13.2. The molecule has 0 aliphatic heterocycles. The van der Waals surface area contributed by atoms with Gasteiger partial charge in [0.05, 0.1) is 18.0 Å². The molecule has 1 aromatic rings. The van der Waals surface area contributed by atoms with Crippen molar-refractivity contribution in [1.29, 1.82) is 0 Å². The van der Waals surface area contributed by atoms with Crippen LogP contribution in [-0.4, -0.2) is 63.9 Å². The Morgan fingerprint density at radius 1 is 1.29 bits per heavy atom. The van der Waals surface area contributed by atoms with E-state index in [1.807, 2.05) is 6.08 Å². The Balaban J connectivity index is 0.00000729. The smallest absolute Gasteiger partial charge is 0.241 e. The van der Waals surface area contributed by atoms with Gasteiger partial charge in [-0.05, 0) is 17.7 Å². The van der Waals surface area contributed by atoms with Crippen molar-refractivity contribution in [2.75, 3.05) is 38.7 Å². The maximum Gasteiger partial charge on any atom is 0.241 e. The molecular weight excluding hydrogens is 513 g/mol. The van der Waals surface area contributed by atoms with Gasteiger partial charge in [-0.2, -0.15) is 11.8 Å². The lowest BCUT2D eigenvalue weighted by molar-refractivity contribution is -0.127. The first-order chi connectivity index (χ1) is 12.7. The van der Waals surface area contributed by atoms with E-state index in [-0.39, 0.29) is 41.3 Å². The first-order valence-corrected chi connectivity index (χ1v) is 11.0. The third-order valence-corrected chi connectivity index (χ3v) is 5.25. The van der Waals surface area contributed by atoms with Crippen molar-refractivity contribution >= 4 is 57.6 Å². The fraction of sp³-hybridized carbons (Fsp3) is 0.412. The number of nitrogens with one attached hydrogen (secondary N) is 2. The summed E-state index contributed by atoms with van der Waals surface area (Å²) in [5.41, 5.74) is 0.823. The van der Waals surface area contributed by atoms with Gasteiger partial charge in [0, 0.05) is 32.1 Å². The molecular formula is C17H28IN5O3S2. The van der Waals surface area contributed by atoms with Gasteiger partial charge >= 0.3 is 0 Å². The van der Waals surface area contributed by atoms with Crippen molar-refractivity contribution in [2.24, 2.45) is 10.1 Å². The first kappa shape index (κ1) is 26.7. The number of likely N-dealkylation sites (N-methyl/N-ethyl adjacent to an activating group) is 1. The number of carbonyl (C=O) groups excluding carboxylic acids is 1. The zero-order valence-corrected chi connectivity index (χ0v) is 20.0. The third-order valence-electron chi connectivity index (χ3n) is 3.35. The summed E-state index contributed by atoms with van der Waals surface area (Å²) in [5.74, 6) is 2.19. The minimum atomic E-state index is -3.71. The highest BCUT2D eigenvalue weighted by molar-refractivity contribution is 14.0. The monoisotopic (exact) mass is 541 g/mol. The molecule has 0 saturated heterocycles. The van der Waals surface area contributed by atoms with E-state index in [2.05, 4.69) is 22.2 Å². The number of hydrogen-bond donors (Lipinski definition) is 3. The molecule has 0 fully saturated rings. The average molecular weight is 541 g/mol. The molecule has 11 heteroatoms. The molecule has 1 rings (SSSR count). The Morgan fingerprint density at radius 3 is 2.46 bits per heavy atom. The number of aliphatic imine (C=N–C) groups is 1. The lowest BCUT2D eigenvalue weighted by atomic mass is 10.2. The zero-order valence-electron chi connectivity index (χ0n) is 16.1. The van der Waals surface area contributed by atoms with Crippen molar-refractivity contribution in [2.45, 2.75) is 11.4 Å². The molecule has 4 N–H and O–H groups in total. The van der Waals surface area contributed by atoms with E-state index >= 15 is 0 Å². The van der Waals surface area contributed by atoms with E-state index < -0.39 is 10.0 Å². The summed E-state index contributed by atoms with van der Waals surface area (Å²) in [4.78, 5) is 17.8. The highest BCUT2D eigenvalue weighted by Crippen LogP contribution is 2.09. The van der Waals surface area contributed by atoms with Crippen LogP contribution in [0.5, 0.6) is 0 Å². The fourth-order valence-corrected chi connectivity index (χ4v) is 2.95. The second kappa shape index (κ2) is 13.8. The van der Waals surface area contributed by atoms with E-state index in [0.717, 1.165) is 17.1 Å². The molecule has 1 amide bonds. The van der Waals surface area contributed by atoms with Gasteiger partial charge in [-0.15, -0.1) is 30.6 Å². The standard InChI is InChI=1S/C17H27N5O3S2.HI/c1-4-10-26-11-9-19-17(21-13-16(23)22(2)3)20-12-14-5-7-15(8-6-14)27(18,24)25;/h4-8H,1,9-13H2,2-3H3,(H2,18,24,25)(H2,19,20,21);1H. The highest BCUT2D eigenvalue weighted by Gasteiger charge is 2.08. The highest BCUT2D eigenvalue weighted by atomic mass is 127. The number of halogens is 1. The van der Waals surface area contributed by atoms with Crippen LogP contribution < -0.4 is 15.8 Å². The molecule has 1 aromatic carbocycles. The SMILES string of the molecule is C=CCSCCNC(=NCc1ccc(S(N)(=O)=O)cc1)NCC(=O)N(C)C.I. The Bertz CT molecular complexity index is 753. The number of sulfonamides is 1. The minimum Gasteiger partial charge on any atom is -0.356 e. The van der Waals surface area contributed by atoms with Gasteiger partial charge in [-0.1, -0.05) is 18.2 Å². The van der Waals surface area contributed by atoms with E-state index in [9.17, 15) is 13.2 Å². The van der Waals surface area contributed by atoms with E-state index in [4.69, 9.17) is 5.14 Å². The molecule has 0 heterocycles. The normalized spacial score (nSPS) is 11.3. The molecule has 158 valence electrons. The van der Waals surface area contributed by atoms with Crippen LogP contribution in [0.1, 0.15) is 5.56 Å². The van der Waals surface area contributed by atoms with Crippen LogP contribution in [0.25, 0.3) is 0 Å². The van der Waals surface area contributed by atoms with Crippen LogP contribution in [-0.2, 0) is 21.4 Å². The van der Waals surface area contributed by atoms with Gasteiger partial charge in [0.1, 0.15) is 0 Å². The lowest BCUT2D eigenvalue weighted by Crippen LogP contribution is -2.43. The molecule has 0 aliphatic rings. The first-order valence-electron chi connectivity index (χ1n) is 8.26. The molecule has 8 nitrogen and oxygen atoms in total. The van der Waals surface area contributed by atoms with Crippen LogP contribution in [0.2, 0.25) is 0 Å². The van der Waals surface area contributed by atoms with Crippen LogP contribution in [0.4, 0.5) is 0 Å². The molecule has 0 atom stereocenters. The number of guanidine groups is 1. The number of amides is 1. The molecule has 0 radical (unpaired) electrons. The fourth-order valence-electron chi connectivity index (χ4n) is 1.85. The summed E-state index contributed by atoms with van der Waals surface area (Å²) in [5, 5.41) is 11.3. The molecule has 0 saturated carbocycles. The van der Waals surface area contributed by atoms with Crippen LogP contribution in [0, 0.1) is 0 Å². The van der Waals surface area contributed by atoms with Crippen molar-refractivity contribution in [1.82, 2.24) is 15.5 Å². The molecule has 0 spiro atoms.